The SMILES string of the molecule is N#CC(Cl)CN(CCO)C1CCCCC1. The minimum atomic E-state index is -0.460. The molecule has 0 saturated heterocycles. The molecule has 0 radical (unpaired) electrons. The lowest BCUT2D eigenvalue weighted by molar-refractivity contribution is 0.127. The van der Waals surface area contributed by atoms with Gasteiger partial charge in [0.2, 0.25) is 0 Å². The molecule has 0 aromatic rings. The van der Waals surface area contributed by atoms with Gasteiger partial charge in [-0.25, -0.2) is 0 Å². The van der Waals surface area contributed by atoms with E-state index in [1.165, 1.54) is 32.1 Å². The Morgan fingerprint density at radius 1 is 1.40 bits per heavy atom. The monoisotopic (exact) mass is 230 g/mol. The zero-order chi connectivity index (χ0) is 11.1. The third-order valence-electron chi connectivity index (χ3n) is 3.01. The van der Waals surface area contributed by atoms with Crippen LogP contribution in [0.25, 0.3) is 0 Å². The molecular weight excluding hydrogens is 212 g/mol. The highest BCUT2D eigenvalue weighted by Gasteiger charge is 2.22. The van der Waals surface area contributed by atoms with Crippen LogP contribution in [-0.2, 0) is 0 Å². The van der Waals surface area contributed by atoms with Crippen LogP contribution >= 0.6 is 11.6 Å². The van der Waals surface area contributed by atoms with Crippen molar-refractivity contribution in [1.29, 1.82) is 5.26 Å². The zero-order valence-electron chi connectivity index (χ0n) is 9.03. The van der Waals surface area contributed by atoms with Crippen molar-refractivity contribution < 1.29 is 5.11 Å². The Bertz CT molecular complexity index is 211. The second-order valence-corrected chi connectivity index (χ2v) is 4.63. The Morgan fingerprint density at radius 2 is 2.07 bits per heavy atom. The predicted molar refractivity (Wildman–Crippen MR) is 60.8 cm³/mol. The van der Waals surface area contributed by atoms with Gasteiger partial charge in [0.05, 0.1) is 12.7 Å². The smallest absolute Gasteiger partial charge is 0.133 e. The summed E-state index contributed by atoms with van der Waals surface area (Å²) in [5, 5.41) is 17.2. The molecule has 1 aliphatic carbocycles. The van der Waals surface area contributed by atoms with E-state index in [2.05, 4.69) is 4.90 Å². The quantitative estimate of drug-likeness (QED) is 0.732. The van der Waals surface area contributed by atoms with Gasteiger partial charge in [-0.2, -0.15) is 5.26 Å². The van der Waals surface area contributed by atoms with E-state index in [9.17, 15) is 0 Å². The summed E-state index contributed by atoms with van der Waals surface area (Å²) in [6.07, 6.45) is 6.17. The van der Waals surface area contributed by atoms with Crippen LogP contribution in [0.3, 0.4) is 0 Å². The van der Waals surface area contributed by atoms with Crippen LogP contribution in [0.4, 0.5) is 0 Å². The van der Waals surface area contributed by atoms with Gasteiger partial charge in [0.15, 0.2) is 0 Å². The molecule has 1 aliphatic rings. The molecule has 0 spiro atoms. The maximum absolute atomic E-state index is 8.99. The van der Waals surface area contributed by atoms with E-state index in [0.29, 0.717) is 19.1 Å². The van der Waals surface area contributed by atoms with E-state index < -0.39 is 5.38 Å². The maximum atomic E-state index is 8.99. The zero-order valence-corrected chi connectivity index (χ0v) is 9.79. The van der Waals surface area contributed by atoms with E-state index in [4.69, 9.17) is 22.0 Å². The number of rotatable bonds is 5. The Hall–Kier alpha value is -0.300. The molecule has 0 aromatic carbocycles. The fraction of sp³-hybridized carbons (Fsp3) is 0.909. The Kier molecular flexibility index (Phi) is 6.00. The molecular formula is C11H19ClN2O. The Labute approximate surface area is 96.6 Å². The number of nitriles is 1. The average molecular weight is 231 g/mol. The first kappa shape index (κ1) is 12.8. The molecule has 4 heteroatoms. The minimum Gasteiger partial charge on any atom is -0.395 e. The van der Waals surface area contributed by atoms with Crippen molar-refractivity contribution in [2.75, 3.05) is 19.7 Å². The van der Waals surface area contributed by atoms with Crippen LogP contribution in [0, 0.1) is 11.3 Å². The molecule has 86 valence electrons. The van der Waals surface area contributed by atoms with E-state index in [-0.39, 0.29) is 6.61 Å². The number of halogens is 1. The first-order chi connectivity index (χ1) is 7.27. The fourth-order valence-electron chi connectivity index (χ4n) is 2.24. The van der Waals surface area contributed by atoms with Crippen LogP contribution in [0.15, 0.2) is 0 Å². The molecule has 3 nitrogen and oxygen atoms in total. The lowest BCUT2D eigenvalue weighted by Crippen LogP contribution is -2.41. The highest BCUT2D eigenvalue weighted by Crippen LogP contribution is 2.22. The molecule has 1 N–H and O–H groups in total. The van der Waals surface area contributed by atoms with Crippen molar-refractivity contribution >= 4 is 11.6 Å². The second kappa shape index (κ2) is 7.05. The minimum absolute atomic E-state index is 0.144. The number of hydrogen-bond acceptors (Lipinski definition) is 3. The first-order valence-electron chi connectivity index (χ1n) is 5.66. The molecule has 1 rings (SSSR count). The summed E-state index contributed by atoms with van der Waals surface area (Å²) in [5.41, 5.74) is 0. The Balaban J connectivity index is 2.44. The largest absolute Gasteiger partial charge is 0.395 e. The molecule has 0 bridgehead atoms. The highest BCUT2D eigenvalue weighted by molar-refractivity contribution is 6.22. The van der Waals surface area contributed by atoms with Crippen molar-refractivity contribution in [2.45, 2.75) is 43.5 Å². The van der Waals surface area contributed by atoms with Crippen LogP contribution in [-0.4, -0.2) is 41.1 Å². The fourth-order valence-corrected chi connectivity index (χ4v) is 2.42. The van der Waals surface area contributed by atoms with Crippen LogP contribution in [0.2, 0.25) is 0 Å². The number of aliphatic hydroxyl groups is 1. The molecule has 1 fully saturated rings. The maximum Gasteiger partial charge on any atom is 0.133 e. The van der Waals surface area contributed by atoms with Gasteiger partial charge in [-0.1, -0.05) is 19.3 Å². The van der Waals surface area contributed by atoms with Gasteiger partial charge in [-0.15, -0.1) is 11.6 Å². The molecule has 15 heavy (non-hydrogen) atoms. The van der Waals surface area contributed by atoms with Gasteiger partial charge in [0, 0.05) is 19.1 Å². The molecule has 0 heterocycles. The highest BCUT2D eigenvalue weighted by atomic mass is 35.5. The first-order valence-corrected chi connectivity index (χ1v) is 6.10. The summed E-state index contributed by atoms with van der Waals surface area (Å²) in [6.45, 7) is 1.35. The number of hydrogen-bond donors (Lipinski definition) is 1. The normalized spacial score (nSPS) is 20.1. The van der Waals surface area contributed by atoms with Gasteiger partial charge in [0.25, 0.3) is 0 Å². The lowest BCUT2D eigenvalue weighted by atomic mass is 9.94. The van der Waals surface area contributed by atoms with Gasteiger partial charge in [0.1, 0.15) is 5.38 Å². The van der Waals surface area contributed by atoms with Crippen molar-refractivity contribution in [3.05, 3.63) is 0 Å². The summed E-state index contributed by atoms with van der Waals surface area (Å²) in [6, 6.07) is 2.55. The summed E-state index contributed by atoms with van der Waals surface area (Å²) in [5.74, 6) is 0. The van der Waals surface area contributed by atoms with E-state index in [1.54, 1.807) is 0 Å². The van der Waals surface area contributed by atoms with Gasteiger partial charge in [-0.05, 0) is 12.8 Å². The van der Waals surface area contributed by atoms with Crippen LogP contribution in [0.5, 0.6) is 0 Å². The van der Waals surface area contributed by atoms with E-state index in [0.717, 1.165) is 0 Å². The van der Waals surface area contributed by atoms with Gasteiger partial charge < -0.3 is 5.11 Å². The topological polar surface area (TPSA) is 47.3 Å². The molecule has 0 amide bonds. The number of nitrogens with zero attached hydrogens (tertiary/aromatic N) is 2. The van der Waals surface area contributed by atoms with Gasteiger partial charge >= 0.3 is 0 Å². The van der Waals surface area contributed by atoms with Crippen molar-refractivity contribution in [3.63, 3.8) is 0 Å². The van der Waals surface area contributed by atoms with Crippen molar-refractivity contribution in [3.8, 4) is 6.07 Å². The molecule has 0 aromatic heterocycles. The molecule has 1 unspecified atom stereocenters. The van der Waals surface area contributed by atoms with Crippen LogP contribution in [0.1, 0.15) is 32.1 Å². The molecule has 1 atom stereocenters. The number of alkyl halides is 1. The Morgan fingerprint density at radius 3 is 2.60 bits per heavy atom. The summed E-state index contributed by atoms with van der Waals surface area (Å²) in [7, 11) is 0. The van der Waals surface area contributed by atoms with Crippen molar-refractivity contribution in [2.24, 2.45) is 0 Å². The summed E-state index contributed by atoms with van der Waals surface area (Å²) in [4.78, 5) is 2.17. The van der Waals surface area contributed by atoms with Crippen LogP contribution < -0.4 is 0 Å². The second-order valence-electron chi connectivity index (χ2n) is 4.11. The van der Waals surface area contributed by atoms with E-state index >= 15 is 0 Å². The molecule has 1 saturated carbocycles. The molecule has 0 aliphatic heterocycles. The predicted octanol–water partition coefficient (Wildman–Crippen LogP) is 1.74. The standard InChI is InChI=1S/C11H19ClN2O/c12-10(8-13)9-14(6-7-15)11-4-2-1-3-5-11/h10-11,15H,1-7,9H2. The lowest BCUT2D eigenvalue weighted by Gasteiger charge is -2.34. The number of aliphatic hydroxyl groups excluding tert-OH is 1. The summed E-state index contributed by atoms with van der Waals surface area (Å²) >= 11 is 5.83. The average Bonchev–Trinajstić information content (AvgIpc) is 2.29. The van der Waals surface area contributed by atoms with E-state index in [1.807, 2.05) is 6.07 Å². The van der Waals surface area contributed by atoms with Crippen molar-refractivity contribution in [1.82, 2.24) is 4.90 Å². The third kappa shape index (κ3) is 4.38. The summed E-state index contributed by atoms with van der Waals surface area (Å²) < 4.78 is 0. The third-order valence-corrected chi connectivity index (χ3v) is 3.25. The van der Waals surface area contributed by atoms with Gasteiger partial charge in [-0.3, -0.25) is 4.90 Å².